The summed E-state index contributed by atoms with van der Waals surface area (Å²) in [5.74, 6) is -2.25. The maximum atomic E-state index is 13.6. The molecule has 2 aromatic heterocycles. The lowest BCUT2D eigenvalue weighted by atomic mass is 9.94. The molecule has 1 aliphatic heterocycles. The predicted molar refractivity (Wildman–Crippen MR) is 99.1 cm³/mol. The monoisotopic (exact) mass is 406 g/mol. The normalized spacial score (nSPS) is 19.1. The molecule has 1 aliphatic rings. The van der Waals surface area contributed by atoms with E-state index in [1.807, 2.05) is 0 Å². The smallest absolute Gasteiger partial charge is 0.287 e. The van der Waals surface area contributed by atoms with Crippen LogP contribution in [0, 0.1) is 11.6 Å². The molecule has 2 N–H and O–H groups in total. The van der Waals surface area contributed by atoms with Crippen LogP contribution < -0.4 is 10.6 Å². The average Bonchev–Trinajstić information content (AvgIpc) is 3.38. The largest absolute Gasteiger partial charge is 0.458 e. The Hall–Kier alpha value is -2.71. The molecule has 1 fully saturated rings. The lowest BCUT2D eigenvalue weighted by Gasteiger charge is -2.20. The van der Waals surface area contributed by atoms with Crippen molar-refractivity contribution in [2.24, 2.45) is 7.05 Å². The van der Waals surface area contributed by atoms with Crippen LogP contribution in [0.3, 0.4) is 0 Å². The summed E-state index contributed by atoms with van der Waals surface area (Å²) in [6.45, 7) is 1.06. The van der Waals surface area contributed by atoms with E-state index >= 15 is 0 Å². The van der Waals surface area contributed by atoms with Gasteiger partial charge in [0.15, 0.2) is 17.4 Å². The number of hydrogen-bond acceptors (Lipinski definition) is 4. The second-order valence-corrected chi connectivity index (χ2v) is 7.09. The molecule has 146 valence electrons. The van der Waals surface area contributed by atoms with Crippen LogP contribution in [0.4, 0.5) is 8.78 Å². The van der Waals surface area contributed by atoms with Crippen molar-refractivity contribution in [3.63, 3.8) is 0 Å². The van der Waals surface area contributed by atoms with Crippen LogP contribution >= 0.6 is 11.6 Å². The minimum atomic E-state index is -0.904. The van der Waals surface area contributed by atoms with Crippen molar-refractivity contribution in [2.75, 3.05) is 13.1 Å². The number of halogens is 3. The molecular formula is C19H17ClF2N4O2. The fraction of sp³-hybridized carbons (Fsp3) is 0.263. The molecule has 9 heteroatoms. The zero-order chi connectivity index (χ0) is 19.8. The predicted octanol–water partition coefficient (Wildman–Crippen LogP) is 3.10. The van der Waals surface area contributed by atoms with Crippen molar-refractivity contribution in [2.45, 2.75) is 12.0 Å². The summed E-state index contributed by atoms with van der Waals surface area (Å²) in [4.78, 5) is 12.6. The van der Waals surface area contributed by atoms with Crippen molar-refractivity contribution in [1.82, 2.24) is 20.4 Å². The first-order chi connectivity index (χ1) is 13.4. The topological polar surface area (TPSA) is 72.1 Å². The highest BCUT2D eigenvalue weighted by molar-refractivity contribution is 6.33. The van der Waals surface area contributed by atoms with Crippen LogP contribution in [0.1, 0.15) is 22.0 Å². The number of furan rings is 1. The summed E-state index contributed by atoms with van der Waals surface area (Å²) < 4.78 is 33.8. The van der Waals surface area contributed by atoms with Crippen LogP contribution in [-0.2, 0) is 7.05 Å². The molecule has 1 aromatic carbocycles. The van der Waals surface area contributed by atoms with E-state index in [0.717, 1.165) is 6.07 Å². The van der Waals surface area contributed by atoms with Crippen LogP contribution in [0.5, 0.6) is 0 Å². The fourth-order valence-electron chi connectivity index (χ4n) is 3.48. The van der Waals surface area contributed by atoms with Crippen molar-refractivity contribution in [1.29, 1.82) is 0 Å². The molecule has 0 unspecified atom stereocenters. The van der Waals surface area contributed by atoms with Crippen molar-refractivity contribution < 1.29 is 18.0 Å². The highest BCUT2D eigenvalue weighted by atomic mass is 35.5. The Bertz CT molecular complexity index is 1010. The van der Waals surface area contributed by atoms with E-state index in [-0.39, 0.29) is 17.7 Å². The Morgan fingerprint density at radius 1 is 1.32 bits per heavy atom. The molecule has 0 radical (unpaired) electrons. The van der Waals surface area contributed by atoms with Crippen LogP contribution in [-0.4, -0.2) is 34.8 Å². The fourth-order valence-corrected chi connectivity index (χ4v) is 3.75. The Morgan fingerprint density at radius 2 is 2.14 bits per heavy atom. The number of carbonyl (C=O) groups excluding carboxylic acids is 1. The zero-order valence-corrected chi connectivity index (χ0v) is 15.6. The molecule has 0 bridgehead atoms. The standard InChI is InChI=1S/C19H17ClF2N4O2/c1-26-18(13(20)7-24-26)11-5-17(28-9-11)19(27)25-16-8-23-6-12(16)10-2-3-14(21)15(22)4-10/h2-5,7,9,12,16,23H,6,8H2,1H3,(H,25,27)/t12-,16+/m1/s1. The number of aryl methyl sites for hydroxylation is 1. The van der Waals surface area contributed by atoms with E-state index < -0.39 is 17.5 Å². The van der Waals surface area contributed by atoms with Gasteiger partial charge < -0.3 is 15.1 Å². The second kappa shape index (κ2) is 7.37. The van der Waals surface area contributed by atoms with E-state index in [1.165, 1.54) is 24.6 Å². The van der Waals surface area contributed by atoms with Crippen molar-refractivity contribution >= 4 is 17.5 Å². The molecule has 4 rings (SSSR count). The van der Waals surface area contributed by atoms with Crippen LogP contribution in [0.15, 0.2) is 41.1 Å². The van der Waals surface area contributed by atoms with Gasteiger partial charge in [0.05, 0.1) is 16.9 Å². The first-order valence-corrected chi connectivity index (χ1v) is 9.04. The highest BCUT2D eigenvalue weighted by Crippen LogP contribution is 2.29. The van der Waals surface area contributed by atoms with E-state index in [0.29, 0.717) is 34.9 Å². The van der Waals surface area contributed by atoms with Gasteiger partial charge in [0, 0.05) is 37.7 Å². The lowest BCUT2D eigenvalue weighted by molar-refractivity contribution is 0.0909. The van der Waals surface area contributed by atoms with Gasteiger partial charge in [-0.05, 0) is 23.8 Å². The summed E-state index contributed by atoms with van der Waals surface area (Å²) >= 11 is 6.13. The summed E-state index contributed by atoms with van der Waals surface area (Å²) in [5.41, 5.74) is 1.90. The minimum Gasteiger partial charge on any atom is -0.458 e. The molecule has 28 heavy (non-hydrogen) atoms. The van der Waals surface area contributed by atoms with Crippen LogP contribution in [0.2, 0.25) is 5.02 Å². The number of aromatic nitrogens is 2. The van der Waals surface area contributed by atoms with Gasteiger partial charge in [-0.2, -0.15) is 5.10 Å². The van der Waals surface area contributed by atoms with E-state index in [1.54, 1.807) is 17.8 Å². The summed E-state index contributed by atoms with van der Waals surface area (Å²) in [6.07, 6.45) is 2.96. The molecule has 0 aliphatic carbocycles. The maximum absolute atomic E-state index is 13.6. The van der Waals surface area contributed by atoms with Gasteiger partial charge in [-0.3, -0.25) is 9.48 Å². The number of nitrogens with zero attached hydrogens (tertiary/aromatic N) is 2. The number of nitrogens with one attached hydrogen (secondary N) is 2. The third kappa shape index (κ3) is 3.41. The molecule has 0 spiro atoms. The van der Waals surface area contributed by atoms with Gasteiger partial charge in [-0.15, -0.1) is 0 Å². The first kappa shape index (κ1) is 18.6. The van der Waals surface area contributed by atoms with E-state index in [2.05, 4.69) is 15.7 Å². The number of hydrogen-bond donors (Lipinski definition) is 2. The van der Waals surface area contributed by atoms with Gasteiger partial charge in [-0.25, -0.2) is 8.78 Å². The first-order valence-electron chi connectivity index (χ1n) is 8.67. The third-order valence-electron chi connectivity index (χ3n) is 4.89. The number of carbonyl (C=O) groups is 1. The SMILES string of the molecule is Cn1ncc(Cl)c1-c1coc(C(=O)N[C@H]2CNC[C@@H]2c2ccc(F)c(F)c2)c1. The molecule has 3 heterocycles. The van der Waals surface area contributed by atoms with Gasteiger partial charge in [0.25, 0.3) is 5.91 Å². The van der Waals surface area contributed by atoms with Gasteiger partial charge in [0.1, 0.15) is 6.26 Å². The molecule has 0 saturated carbocycles. The quantitative estimate of drug-likeness (QED) is 0.698. The average molecular weight is 407 g/mol. The summed E-state index contributed by atoms with van der Waals surface area (Å²) in [5, 5.41) is 10.6. The Morgan fingerprint density at radius 3 is 2.86 bits per heavy atom. The zero-order valence-electron chi connectivity index (χ0n) is 14.9. The summed E-state index contributed by atoms with van der Waals surface area (Å²) in [7, 11) is 1.74. The Balaban J connectivity index is 1.51. The molecule has 1 saturated heterocycles. The Labute approximate surface area is 164 Å². The third-order valence-corrected chi connectivity index (χ3v) is 5.17. The van der Waals surface area contributed by atoms with Gasteiger partial charge >= 0.3 is 0 Å². The molecule has 2 atom stereocenters. The van der Waals surface area contributed by atoms with Crippen LogP contribution in [0.25, 0.3) is 11.3 Å². The maximum Gasteiger partial charge on any atom is 0.287 e. The van der Waals surface area contributed by atoms with Crippen molar-refractivity contribution in [3.05, 3.63) is 64.7 Å². The number of amides is 1. The highest BCUT2D eigenvalue weighted by Gasteiger charge is 2.31. The minimum absolute atomic E-state index is 0.128. The summed E-state index contributed by atoms with van der Waals surface area (Å²) in [6, 6.07) is 5.10. The number of rotatable bonds is 4. The van der Waals surface area contributed by atoms with Gasteiger partial charge in [-0.1, -0.05) is 17.7 Å². The lowest BCUT2D eigenvalue weighted by Crippen LogP contribution is -2.39. The second-order valence-electron chi connectivity index (χ2n) is 6.68. The van der Waals surface area contributed by atoms with Gasteiger partial charge in [0.2, 0.25) is 0 Å². The van der Waals surface area contributed by atoms with E-state index in [4.69, 9.17) is 16.0 Å². The Kier molecular flexibility index (Phi) is 4.91. The molecule has 1 amide bonds. The molecule has 6 nitrogen and oxygen atoms in total. The molecular weight excluding hydrogens is 390 g/mol. The van der Waals surface area contributed by atoms with Crippen molar-refractivity contribution in [3.8, 4) is 11.3 Å². The molecule has 3 aromatic rings. The van der Waals surface area contributed by atoms with E-state index in [9.17, 15) is 13.6 Å². The number of benzene rings is 1.